The zero-order valence-corrected chi connectivity index (χ0v) is 21.4. The van der Waals surface area contributed by atoms with Gasteiger partial charge >= 0.3 is 6.16 Å². The first-order valence-electron chi connectivity index (χ1n) is 10.7. The van der Waals surface area contributed by atoms with Gasteiger partial charge in [0.2, 0.25) is 5.06 Å². The summed E-state index contributed by atoms with van der Waals surface area (Å²) in [6, 6.07) is 1.65. The van der Waals surface area contributed by atoms with Crippen molar-refractivity contribution in [2.24, 2.45) is 7.05 Å². The molecule has 4 rings (SSSR count). The van der Waals surface area contributed by atoms with Gasteiger partial charge < -0.3 is 29.4 Å². The van der Waals surface area contributed by atoms with Crippen LogP contribution in [0.5, 0.6) is 5.06 Å². The van der Waals surface area contributed by atoms with E-state index in [4.69, 9.17) is 21.1 Å². The maximum absolute atomic E-state index is 12.9. The zero-order valence-electron chi connectivity index (χ0n) is 19.9. The fourth-order valence-corrected chi connectivity index (χ4v) is 5.01. The summed E-state index contributed by atoms with van der Waals surface area (Å²) in [4.78, 5) is 38.4. The molecule has 13 nitrogen and oxygen atoms in total. The third-order valence-electron chi connectivity index (χ3n) is 5.75. The number of carbonyl (C=O) groups is 2. The van der Waals surface area contributed by atoms with Crippen LogP contribution < -0.4 is 15.0 Å². The van der Waals surface area contributed by atoms with Gasteiger partial charge in [0.1, 0.15) is 23.7 Å². The summed E-state index contributed by atoms with van der Waals surface area (Å²) in [7, 11) is 4.48. The van der Waals surface area contributed by atoms with Gasteiger partial charge in [-0.3, -0.25) is 4.79 Å². The number of hydrogen-bond donors (Lipinski definition) is 2. The lowest BCUT2D eigenvalue weighted by molar-refractivity contribution is 0.0540. The molecule has 2 N–H and O–H groups in total. The summed E-state index contributed by atoms with van der Waals surface area (Å²) < 4.78 is 17.1. The van der Waals surface area contributed by atoms with E-state index in [1.807, 2.05) is 11.0 Å². The zero-order chi connectivity index (χ0) is 26.0. The second kappa shape index (κ2) is 10.5. The van der Waals surface area contributed by atoms with Crippen molar-refractivity contribution in [3.8, 4) is 22.7 Å². The SMILES string of the molecule is COC(=O)Oc1sc(N2CC[C@@H](NC(=O)c3[nH]c(C)c(Cl)c3C#N)[C@@H](OC)C2)nc1-c1ncnn1C. The first-order valence-corrected chi connectivity index (χ1v) is 11.9. The topological polar surface area (TPSA) is 160 Å². The number of aryl methyl sites for hydroxylation is 2. The summed E-state index contributed by atoms with van der Waals surface area (Å²) >= 11 is 7.29. The van der Waals surface area contributed by atoms with Crippen LogP contribution in [0.2, 0.25) is 5.02 Å². The number of nitrogens with zero attached hydrogens (tertiary/aromatic N) is 6. The van der Waals surface area contributed by atoms with E-state index >= 15 is 0 Å². The number of halogens is 1. The van der Waals surface area contributed by atoms with Gasteiger partial charge in [-0.05, 0) is 13.3 Å². The number of rotatable bonds is 6. The standard InChI is InChI=1S/C21H23ClN8O5S/c1-10-14(22)11(7-23)15(26-10)18(31)27-12-5-6-30(8-13(12)33-3)20-28-16(17-24-9-25-29(17)2)19(36-20)35-21(32)34-4/h9,12-13,26H,5-6,8H2,1-4H3,(H,27,31)/t12-,13+/m1/s1. The molecule has 2 atom stereocenters. The van der Waals surface area contributed by atoms with Gasteiger partial charge in [0.15, 0.2) is 16.6 Å². The largest absolute Gasteiger partial charge is 0.514 e. The number of ether oxygens (including phenoxy) is 3. The molecule has 36 heavy (non-hydrogen) atoms. The second-order valence-corrected chi connectivity index (χ2v) is 9.23. The molecule has 0 radical (unpaired) electrons. The molecule has 1 fully saturated rings. The van der Waals surface area contributed by atoms with Gasteiger partial charge in [0.25, 0.3) is 5.91 Å². The van der Waals surface area contributed by atoms with Gasteiger partial charge in [-0.2, -0.15) is 10.4 Å². The lowest BCUT2D eigenvalue weighted by Crippen LogP contribution is -2.55. The van der Waals surface area contributed by atoms with Crippen LogP contribution in [0.1, 0.15) is 28.2 Å². The Labute approximate surface area is 214 Å². The van der Waals surface area contributed by atoms with Crippen molar-refractivity contribution in [2.75, 3.05) is 32.2 Å². The number of thiazole rings is 1. The number of aromatic nitrogens is 5. The molecule has 0 aliphatic carbocycles. The van der Waals surface area contributed by atoms with Crippen LogP contribution in [-0.2, 0) is 16.5 Å². The number of nitrogens with one attached hydrogen (secondary N) is 2. The molecular weight excluding hydrogens is 512 g/mol. The first-order chi connectivity index (χ1) is 17.3. The van der Waals surface area contributed by atoms with Gasteiger partial charge in [-0.15, -0.1) is 0 Å². The average molecular weight is 535 g/mol. The van der Waals surface area contributed by atoms with Crippen molar-refractivity contribution in [2.45, 2.75) is 25.5 Å². The monoisotopic (exact) mass is 534 g/mol. The Morgan fingerprint density at radius 3 is 2.81 bits per heavy atom. The third-order valence-corrected chi connectivity index (χ3v) is 7.22. The molecule has 3 aromatic heterocycles. The average Bonchev–Trinajstić information content (AvgIpc) is 3.56. The predicted octanol–water partition coefficient (Wildman–Crippen LogP) is 2.27. The maximum Gasteiger partial charge on any atom is 0.514 e. The Balaban J connectivity index is 1.53. The van der Waals surface area contributed by atoms with Gasteiger partial charge in [-0.25, -0.2) is 19.4 Å². The number of aromatic amines is 1. The third kappa shape index (κ3) is 4.85. The van der Waals surface area contributed by atoms with Gasteiger partial charge in [0, 0.05) is 32.9 Å². The van der Waals surface area contributed by atoms with Crippen molar-refractivity contribution < 1.29 is 23.8 Å². The van der Waals surface area contributed by atoms with E-state index in [2.05, 4.69) is 30.1 Å². The fraction of sp³-hybridized carbons (Fsp3) is 0.429. The normalized spacial score (nSPS) is 17.5. The molecule has 1 saturated heterocycles. The minimum atomic E-state index is -0.874. The molecular formula is C21H23ClN8O5S. The number of carbonyl (C=O) groups excluding carboxylic acids is 2. The van der Waals surface area contributed by atoms with Crippen LogP contribution in [0, 0.1) is 18.3 Å². The number of nitriles is 1. The van der Waals surface area contributed by atoms with E-state index < -0.39 is 12.1 Å². The Hall–Kier alpha value is -3.67. The van der Waals surface area contributed by atoms with Crippen LogP contribution in [0.25, 0.3) is 11.5 Å². The van der Waals surface area contributed by atoms with Crippen molar-refractivity contribution in [1.82, 2.24) is 30.0 Å². The first kappa shape index (κ1) is 25.4. The Morgan fingerprint density at radius 2 is 2.17 bits per heavy atom. The minimum Gasteiger partial charge on any atom is -0.437 e. The fourth-order valence-electron chi connectivity index (χ4n) is 3.88. The van der Waals surface area contributed by atoms with Gasteiger partial charge in [0.05, 0.1) is 24.3 Å². The molecule has 0 unspecified atom stereocenters. The second-order valence-electron chi connectivity index (χ2n) is 7.91. The number of anilines is 1. The summed E-state index contributed by atoms with van der Waals surface area (Å²) in [5, 5.41) is 17.4. The van der Waals surface area contributed by atoms with E-state index in [0.717, 1.165) is 11.3 Å². The highest BCUT2D eigenvalue weighted by atomic mass is 35.5. The molecule has 3 aromatic rings. The highest BCUT2D eigenvalue weighted by Crippen LogP contribution is 2.39. The molecule has 0 spiro atoms. The van der Waals surface area contributed by atoms with Crippen LogP contribution >= 0.6 is 22.9 Å². The molecule has 1 aliphatic heterocycles. The lowest BCUT2D eigenvalue weighted by Gasteiger charge is -2.37. The molecule has 1 amide bonds. The van der Waals surface area contributed by atoms with Crippen LogP contribution in [0.4, 0.5) is 9.93 Å². The smallest absolute Gasteiger partial charge is 0.437 e. The van der Waals surface area contributed by atoms with E-state index in [-0.39, 0.29) is 33.5 Å². The highest BCUT2D eigenvalue weighted by molar-refractivity contribution is 7.18. The van der Waals surface area contributed by atoms with Gasteiger partial charge in [-0.1, -0.05) is 22.9 Å². The summed E-state index contributed by atoms with van der Waals surface area (Å²) in [6.45, 7) is 2.63. The van der Waals surface area contributed by atoms with E-state index in [9.17, 15) is 14.9 Å². The van der Waals surface area contributed by atoms with Crippen molar-refractivity contribution >= 4 is 40.1 Å². The number of piperidine rings is 1. The minimum absolute atomic E-state index is 0.107. The van der Waals surface area contributed by atoms with Crippen LogP contribution in [0.3, 0.4) is 0 Å². The Morgan fingerprint density at radius 1 is 1.39 bits per heavy atom. The summed E-state index contributed by atoms with van der Waals surface area (Å²) in [5.41, 5.74) is 1.13. The molecule has 1 aliphatic rings. The number of amides is 1. The lowest BCUT2D eigenvalue weighted by atomic mass is 10.0. The highest BCUT2D eigenvalue weighted by Gasteiger charge is 2.34. The van der Waals surface area contributed by atoms with Crippen molar-refractivity contribution in [3.05, 3.63) is 28.3 Å². The van der Waals surface area contributed by atoms with Crippen molar-refractivity contribution in [3.63, 3.8) is 0 Å². The van der Waals surface area contributed by atoms with E-state index in [1.54, 1.807) is 21.1 Å². The Bertz CT molecular complexity index is 1330. The maximum atomic E-state index is 12.9. The number of H-pyrrole nitrogens is 1. The molecule has 0 saturated carbocycles. The summed E-state index contributed by atoms with van der Waals surface area (Å²) in [5.74, 6) is -0.00956. The van der Waals surface area contributed by atoms with Crippen LogP contribution in [0.15, 0.2) is 6.33 Å². The molecule has 4 heterocycles. The van der Waals surface area contributed by atoms with E-state index in [1.165, 1.54) is 18.1 Å². The molecule has 0 bridgehead atoms. The predicted molar refractivity (Wildman–Crippen MR) is 129 cm³/mol. The molecule has 15 heteroatoms. The van der Waals surface area contributed by atoms with E-state index in [0.29, 0.717) is 41.9 Å². The quantitative estimate of drug-likeness (QED) is 0.449. The Kier molecular flexibility index (Phi) is 7.43. The number of hydrogen-bond acceptors (Lipinski definition) is 11. The molecule has 190 valence electrons. The van der Waals surface area contributed by atoms with Crippen molar-refractivity contribution in [1.29, 1.82) is 5.26 Å². The molecule has 0 aromatic carbocycles. The van der Waals surface area contributed by atoms with Crippen LogP contribution in [-0.4, -0.2) is 76.2 Å². The number of methoxy groups -OCH3 is 2. The summed E-state index contributed by atoms with van der Waals surface area (Å²) in [6.07, 6.45) is 0.654.